The van der Waals surface area contributed by atoms with Crippen molar-refractivity contribution in [2.75, 3.05) is 18.5 Å². The van der Waals surface area contributed by atoms with Gasteiger partial charge in [-0.2, -0.15) is 4.37 Å². The van der Waals surface area contributed by atoms with Crippen LogP contribution in [0.3, 0.4) is 0 Å². The van der Waals surface area contributed by atoms with Gasteiger partial charge < -0.3 is 10.2 Å². The van der Waals surface area contributed by atoms with Crippen LogP contribution >= 0.6 is 11.5 Å². The van der Waals surface area contributed by atoms with Gasteiger partial charge in [0.25, 0.3) is 0 Å². The molecule has 27 heavy (non-hydrogen) atoms. The highest BCUT2D eigenvalue weighted by Gasteiger charge is 2.13. The number of rotatable bonds is 7. The molecule has 0 unspecified atom stereocenters. The quantitative estimate of drug-likeness (QED) is 0.676. The van der Waals surface area contributed by atoms with E-state index in [-0.39, 0.29) is 24.1 Å². The lowest BCUT2D eigenvalue weighted by atomic mass is 10.1. The van der Waals surface area contributed by atoms with E-state index in [2.05, 4.69) is 14.7 Å². The van der Waals surface area contributed by atoms with Crippen LogP contribution in [0.15, 0.2) is 48.5 Å². The molecule has 0 aliphatic heterocycles. The molecule has 0 bridgehead atoms. The first-order chi connectivity index (χ1) is 13.0. The molecule has 0 atom stereocenters. The number of amides is 1. The minimum absolute atomic E-state index is 0.131. The molecule has 0 radical (unpaired) electrons. The Hall–Kier alpha value is -2.87. The van der Waals surface area contributed by atoms with Crippen molar-refractivity contribution in [3.8, 4) is 0 Å². The van der Waals surface area contributed by atoms with Crippen molar-refractivity contribution in [2.45, 2.75) is 13.0 Å². The van der Waals surface area contributed by atoms with Crippen LogP contribution in [0, 0.1) is 11.6 Å². The number of carbonyl (C=O) groups is 1. The third kappa shape index (κ3) is 5.55. The van der Waals surface area contributed by atoms with Crippen molar-refractivity contribution >= 4 is 22.6 Å². The minimum Gasteiger partial charge on any atom is -0.350 e. The Balaban J connectivity index is 1.50. The van der Waals surface area contributed by atoms with Gasteiger partial charge in [-0.05, 0) is 35.4 Å². The average Bonchev–Trinajstić information content (AvgIpc) is 3.12. The zero-order valence-corrected chi connectivity index (χ0v) is 15.5. The predicted molar refractivity (Wildman–Crippen MR) is 101 cm³/mol. The number of hydrogen-bond acceptors (Lipinski definition) is 5. The lowest BCUT2D eigenvalue weighted by Crippen LogP contribution is -2.34. The molecule has 0 spiro atoms. The first kappa shape index (κ1) is 18.9. The second kappa shape index (κ2) is 8.68. The van der Waals surface area contributed by atoms with Gasteiger partial charge in [-0.25, -0.2) is 13.8 Å². The molecule has 0 saturated heterocycles. The molecule has 3 rings (SSSR count). The van der Waals surface area contributed by atoms with Crippen LogP contribution in [0.2, 0.25) is 0 Å². The van der Waals surface area contributed by atoms with Gasteiger partial charge in [0, 0.05) is 31.5 Å². The van der Waals surface area contributed by atoms with Gasteiger partial charge in [0.2, 0.25) is 11.0 Å². The maximum absolute atomic E-state index is 13.0. The third-order valence-corrected chi connectivity index (χ3v) is 4.71. The standard InChI is InChI=1S/C19H18F2N4OS/c1-25(12-18(26)22-11-14-4-8-16(21)9-5-14)19-23-17(24-27-19)10-13-2-6-15(20)7-3-13/h2-9H,10-12H2,1H3,(H,22,26). The van der Waals surface area contributed by atoms with Crippen LogP contribution in [0.25, 0.3) is 0 Å². The fourth-order valence-corrected chi connectivity index (χ4v) is 3.04. The van der Waals surface area contributed by atoms with E-state index in [1.165, 1.54) is 35.8 Å². The van der Waals surface area contributed by atoms with Crippen LogP contribution in [0.1, 0.15) is 17.0 Å². The van der Waals surface area contributed by atoms with Crippen LogP contribution in [-0.2, 0) is 17.8 Å². The molecule has 0 saturated carbocycles. The van der Waals surface area contributed by atoms with Crippen molar-refractivity contribution in [3.63, 3.8) is 0 Å². The summed E-state index contributed by atoms with van der Waals surface area (Å²) in [6.07, 6.45) is 0.501. The number of aromatic nitrogens is 2. The fraction of sp³-hybridized carbons (Fsp3) is 0.211. The van der Waals surface area contributed by atoms with Gasteiger partial charge in [0.15, 0.2) is 0 Å². The molecule has 1 amide bonds. The smallest absolute Gasteiger partial charge is 0.239 e. The number of benzene rings is 2. The Bertz CT molecular complexity index is 897. The van der Waals surface area contributed by atoms with Gasteiger partial charge in [0.1, 0.15) is 17.5 Å². The summed E-state index contributed by atoms with van der Waals surface area (Å²) in [4.78, 5) is 18.2. The molecule has 0 aliphatic rings. The fourth-order valence-electron chi connectivity index (χ4n) is 2.40. The molecule has 0 aliphatic carbocycles. The summed E-state index contributed by atoms with van der Waals surface area (Å²) in [5, 5.41) is 3.42. The second-order valence-corrected chi connectivity index (χ2v) is 6.79. The zero-order chi connectivity index (χ0) is 19.2. The number of nitrogens with zero attached hydrogens (tertiary/aromatic N) is 3. The number of anilines is 1. The molecule has 2 aromatic carbocycles. The molecule has 140 valence electrons. The van der Waals surface area contributed by atoms with Crippen molar-refractivity contribution < 1.29 is 13.6 Å². The molecule has 1 aromatic heterocycles. The van der Waals surface area contributed by atoms with E-state index in [1.807, 2.05) is 0 Å². The van der Waals surface area contributed by atoms with Crippen LogP contribution < -0.4 is 10.2 Å². The Morgan fingerprint density at radius 1 is 1.04 bits per heavy atom. The second-order valence-electron chi connectivity index (χ2n) is 6.06. The van der Waals surface area contributed by atoms with Crippen LogP contribution in [-0.4, -0.2) is 28.9 Å². The molecule has 8 heteroatoms. The van der Waals surface area contributed by atoms with Crippen LogP contribution in [0.5, 0.6) is 0 Å². The SMILES string of the molecule is CN(CC(=O)NCc1ccc(F)cc1)c1nc(Cc2ccc(F)cc2)ns1. The molecular formula is C19H18F2N4OS. The number of likely N-dealkylation sites (N-methyl/N-ethyl adjacent to an activating group) is 1. The first-order valence-corrected chi connectivity index (χ1v) is 9.06. The minimum atomic E-state index is -0.308. The molecule has 5 nitrogen and oxygen atoms in total. The largest absolute Gasteiger partial charge is 0.350 e. The summed E-state index contributed by atoms with van der Waals surface area (Å²) >= 11 is 1.21. The van der Waals surface area contributed by atoms with Crippen molar-refractivity contribution in [2.24, 2.45) is 0 Å². The predicted octanol–water partition coefficient (Wildman–Crippen LogP) is 3.16. The highest BCUT2D eigenvalue weighted by molar-refractivity contribution is 7.09. The summed E-state index contributed by atoms with van der Waals surface area (Å²) in [5.74, 6) is -0.133. The monoisotopic (exact) mass is 388 g/mol. The highest BCUT2D eigenvalue weighted by atomic mass is 32.1. The summed E-state index contributed by atoms with van der Waals surface area (Å²) in [5.41, 5.74) is 1.74. The number of halogens is 2. The van der Waals surface area contributed by atoms with Crippen molar-refractivity contribution in [1.82, 2.24) is 14.7 Å². The van der Waals surface area contributed by atoms with Gasteiger partial charge >= 0.3 is 0 Å². The Morgan fingerprint density at radius 2 is 1.63 bits per heavy atom. The number of nitrogens with one attached hydrogen (secondary N) is 1. The van der Waals surface area contributed by atoms with E-state index < -0.39 is 0 Å². The molecule has 1 N–H and O–H groups in total. The molecule has 1 heterocycles. The van der Waals surface area contributed by atoms with E-state index in [1.54, 1.807) is 36.2 Å². The normalized spacial score (nSPS) is 10.6. The Kier molecular flexibility index (Phi) is 6.08. The summed E-state index contributed by atoms with van der Waals surface area (Å²) in [6.45, 7) is 0.464. The number of hydrogen-bond donors (Lipinski definition) is 1. The van der Waals surface area contributed by atoms with E-state index in [0.29, 0.717) is 23.9 Å². The van der Waals surface area contributed by atoms with E-state index in [0.717, 1.165) is 11.1 Å². The summed E-state index contributed by atoms with van der Waals surface area (Å²) in [7, 11) is 1.76. The third-order valence-electron chi connectivity index (χ3n) is 3.84. The first-order valence-electron chi connectivity index (χ1n) is 8.29. The van der Waals surface area contributed by atoms with E-state index in [4.69, 9.17) is 0 Å². The highest BCUT2D eigenvalue weighted by Crippen LogP contribution is 2.17. The summed E-state index contributed by atoms with van der Waals surface area (Å²) < 4.78 is 30.1. The lowest BCUT2D eigenvalue weighted by Gasteiger charge is -2.14. The Morgan fingerprint density at radius 3 is 2.26 bits per heavy atom. The molecule has 0 fully saturated rings. The maximum atomic E-state index is 13.0. The average molecular weight is 388 g/mol. The van der Waals surface area contributed by atoms with Gasteiger partial charge in [-0.15, -0.1) is 0 Å². The van der Waals surface area contributed by atoms with Crippen molar-refractivity contribution in [1.29, 1.82) is 0 Å². The van der Waals surface area contributed by atoms with Crippen LogP contribution in [0.4, 0.5) is 13.9 Å². The summed E-state index contributed by atoms with van der Waals surface area (Å²) in [6, 6.07) is 12.2. The Labute approximate surface area is 159 Å². The van der Waals surface area contributed by atoms with E-state index in [9.17, 15) is 13.6 Å². The molecular weight excluding hydrogens is 370 g/mol. The zero-order valence-electron chi connectivity index (χ0n) is 14.7. The van der Waals surface area contributed by atoms with Gasteiger partial charge in [0.05, 0.1) is 6.54 Å². The lowest BCUT2D eigenvalue weighted by molar-refractivity contribution is -0.119. The maximum Gasteiger partial charge on any atom is 0.239 e. The van der Waals surface area contributed by atoms with E-state index >= 15 is 0 Å². The number of carbonyl (C=O) groups excluding carboxylic acids is 1. The van der Waals surface area contributed by atoms with Gasteiger partial charge in [-0.1, -0.05) is 24.3 Å². The van der Waals surface area contributed by atoms with Crippen molar-refractivity contribution in [3.05, 3.63) is 77.1 Å². The topological polar surface area (TPSA) is 58.1 Å². The molecule has 3 aromatic rings. The van der Waals surface area contributed by atoms with Gasteiger partial charge in [-0.3, -0.25) is 4.79 Å².